The molecule has 0 aromatic heterocycles. The van der Waals surface area contributed by atoms with E-state index >= 15 is 0 Å². The van der Waals surface area contributed by atoms with E-state index in [-0.39, 0.29) is 12.1 Å². The maximum absolute atomic E-state index is 9.65. The molecular formula is C15H34N2O2. The molecular weight excluding hydrogens is 240 g/mol. The molecule has 0 spiro atoms. The average molecular weight is 274 g/mol. The van der Waals surface area contributed by atoms with Gasteiger partial charge in [-0.3, -0.25) is 4.90 Å². The number of ether oxygens (including phenoxy) is 1. The normalized spacial score (nSPS) is 18.3. The summed E-state index contributed by atoms with van der Waals surface area (Å²) >= 11 is 0. The second-order valence-corrected chi connectivity index (χ2v) is 5.83. The minimum atomic E-state index is -0.199. The summed E-state index contributed by atoms with van der Waals surface area (Å²) in [4.78, 5) is 2.44. The lowest BCUT2D eigenvalue weighted by Gasteiger charge is -2.39. The van der Waals surface area contributed by atoms with Crippen molar-refractivity contribution in [3.05, 3.63) is 0 Å². The highest BCUT2D eigenvalue weighted by Gasteiger charge is 2.28. The van der Waals surface area contributed by atoms with E-state index in [0.29, 0.717) is 12.1 Å². The van der Waals surface area contributed by atoms with Crippen molar-refractivity contribution < 1.29 is 9.84 Å². The zero-order chi connectivity index (χ0) is 14.9. The van der Waals surface area contributed by atoms with Crippen molar-refractivity contribution in [2.45, 2.75) is 65.1 Å². The SMILES string of the molecule is CCCNC(C)(CO)CC(C)N(CC)C(C)COC. The van der Waals surface area contributed by atoms with E-state index in [1.54, 1.807) is 7.11 Å². The summed E-state index contributed by atoms with van der Waals surface area (Å²) in [6, 6.07) is 0.816. The van der Waals surface area contributed by atoms with Crippen LogP contribution < -0.4 is 5.32 Å². The third-order valence-corrected chi connectivity index (χ3v) is 3.80. The number of aliphatic hydroxyl groups excluding tert-OH is 1. The first-order valence-electron chi connectivity index (χ1n) is 7.54. The van der Waals surface area contributed by atoms with Gasteiger partial charge in [-0.1, -0.05) is 13.8 Å². The summed E-state index contributed by atoms with van der Waals surface area (Å²) in [5, 5.41) is 13.1. The van der Waals surface area contributed by atoms with Crippen LogP contribution in [0.4, 0.5) is 0 Å². The molecule has 0 saturated carbocycles. The smallest absolute Gasteiger partial charge is 0.0615 e. The lowest BCUT2D eigenvalue weighted by Crippen LogP contribution is -2.52. The van der Waals surface area contributed by atoms with Gasteiger partial charge in [-0.05, 0) is 46.7 Å². The molecule has 0 amide bonds. The molecule has 116 valence electrons. The number of nitrogens with zero attached hydrogens (tertiary/aromatic N) is 1. The van der Waals surface area contributed by atoms with E-state index in [1.165, 1.54) is 0 Å². The van der Waals surface area contributed by atoms with Crippen LogP contribution in [0, 0.1) is 0 Å². The van der Waals surface area contributed by atoms with Crippen LogP contribution in [0.2, 0.25) is 0 Å². The Bertz CT molecular complexity index is 226. The van der Waals surface area contributed by atoms with Gasteiger partial charge < -0.3 is 15.2 Å². The van der Waals surface area contributed by atoms with Crippen molar-refractivity contribution in [2.24, 2.45) is 0 Å². The number of hydrogen-bond acceptors (Lipinski definition) is 4. The minimum absolute atomic E-state index is 0.174. The van der Waals surface area contributed by atoms with Crippen molar-refractivity contribution in [3.8, 4) is 0 Å². The van der Waals surface area contributed by atoms with Crippen molar-refractivity contribution in [1.82, 2.24) is 10.2 Å². The Kier molecular flexibility index (Phi) is 9.62. The van der Waals surface area contributed by atoms with Crippen LogP contribution in [0.1, 0.15) is 47.5 Å². The van der Waals surface area contributed by atoms with Gasteiger partial charge in [0.05, 0.1) is 13.2 Å². The van der Waals surface area contributed by atoms with Crippen LogP contribution in [0.15, 0.2) is 0 Å². The fourth-order valence-corrected chi connectivity index (χ4v) is 2.78. The number of likely N-dealkylation sites (N-methyl/N-ethyl adjacent to an activating group) is 1. The van der Waals surface area contributed by atoms with Gasteiger partial charge >= 0.3 is 0 Å². The highest BCUT2D eigenvalue weighted by molar-refractivity contribution is 4.88. The molecule has 4 heteroatoms. The Morgan fingerprint density at radius 2 is 1.89 bits per heavy atom. The van der Waals surface area contributed by atoms with Crippen LogP contribution in [-0.4, -0.2) is 61.0 Å². The highest BCUT2D eigenvalue weighted by Crippen LogP contribution is 2.18. The van der Waals surface area contributed by atoms with Crippen molar-refractivity contribution in [1.29, 1.82) is 0 Å². The molecule has 2 N–H and O–H groups in total. The fraction of sp³-hybridized carbons (Fsp3) is 1.00. The van der Waals surface area contributed by atoms with Gasteiger partial charge in [-0.15, -0.1) is 0 Å². The van der Waals surface area contributed by atoms with E-state index < -0.39 is 0 Å². The average Bonchev–Trinajstić information content (AvgIpc) is 2.37. The first-order valence-corrected chi connectivity index (χ1v) is 7.54. The van der Waals surface area contributed by atoms with E-state index in [1.807, 2.05) is 0 Å². The van der Waals surface area contributed by atoms with Crippen molar-refractivity contribution in [3.63, 3.8) is 0 Å². The first kappa shape index (κ1) is 18.8. The molecule has 0 heterocycles. The molecule has 0 aliphatic carbocycles. The van der Waals surface area contributed by atoms with Crippen LogP contribution in [0.25, 0.3) is 0 Å². The van der Waals surface area contributed by atoms with E-state index in [4.69, 9.17) is 4.74 Å². The molecule has 0 aliphatic rings. The predicted octanol–water partition coefficient (Wildman–Crippen LogP) is 1.87. The fourth-order valence-electron chi connectivity index (χ4n) is 2.78. The maximum Gasteiger partial charge on any atom is 0.0615 e. The molecule has 0 rings (SSSR count). The van der Waals surface area contributed by atoms with Crippen LogP contribution in [0.3, 0.4) is 0 Å². The Morgan fingerprint density at radius 1 is 1.26 bits per heavy atom. The Labute approximate surface area is 119 Å². The van der Waals surface area contributed by atoms with E-state index in [9.17, 15) is 5.11 Å². The molecule has 4 nitrogen and oxygen atoms in total. The quantitative estimate of drug-likeness (QED) is 0.604. The Morgan fingerprint density at radius 3 is 2.32 bits per heavy atom. The van der Waals surface area contributed by atoms with Gasteiger partial charge in [0.1, 0.15) is 0 Å². The Hall–Kier alpha value is -0.160. The second kappa shape index (κ2) is 9.70. The lowest BCUT2D eigenvalue weighted by molar-refractivity contribution is 0.0558. The standard InChI is InChI=1S/C15H34N2O2/c1-7-9-16-15(5,12-18)10-13(3)17(8-2)14(4)11-19-6/h13-14,16,18H,7-12H2,1-6H3. The molecule has 0 fully saturated rings. The molecule has 0 aromatic carbocycles. The maximum atomic E-state index is 9.65. The third-order valence-electron chi connectivity index (χ3n) is 3.80. The zero-order valence-electron chi connectivity index (χ0n) is 13.7. The topological polar surface area (TPSA) is 44.7 Å². The number of hydrogen-bond donors (Lipinski definition) is 2. The molecule has 0 radical (unpaired) electrons. The number of rotatable bonds is 11. The van der Waals surface area contributed by atoms with Gasteiger partial charge in [-0.2, -0.15) is 0 Å². The minimum Gasteiger partial charge on any atom is -0.394 e. The van der Waals surface area contributed by atoms with Gasteiger partial charge in [0, 0.05) is 24.7 Å². The van der Waals surface area contributed by atoms with Gasteiger partial charge in [0.15, 0.2) is 0 Å². The number of nitrogens with one attached hydrogen (secondary N) is 1. The van der Waals surface area contributed by atoms with Crippen LogP contribution in [-0.2, 0) is 4.74 Å². The Balaban J connectivity index is 4.54. The summed E-state index contributed by atoms with van der Waals surface area (Å²) in [5.74, 6) is 0. The molecule has 0 aliphatic heterocycles. The molecule has 3 atom stereocenters. The molecule has 3 unspecified atom stereocenters. The molecule has 0 saturated heterocycles. The monoisotopic (exact) mass is 274 g/mol. The van der Waals surface area contributed by atoms with Gasteiger partial charge in [-0.25, -0.2) is 0 Å². The van der Waals surface area contributed by atoms with Crippen molar-refractivity contribution in [2.75, 3.05) is 33.4 Å². The first-order chi connectivity index (χ1) is 8.94. The second-order valence-electron chi connectivity index (χ2n) is 5.83. The van der Waals surface area contributed by atoms with E-state index in [2.05, 4.69) is 44.8 Å². The summed E-state index contributed by atoms with van der Waals surface area (Å²) in [5.41, 5.74) is -0.199. The van der Waals surface area contributed by atoms with Gasteiger partial charge in [0.25, 0.3) is 0 Å². The molecule has 0 aromatic rings. The van der Waals surface area contributed by atoms with E-state index in [0.717, 1.165) is 32.5 Å². The summed E-state index contributed by atoms with van der Waals surface area (Å²) in [6.07, 6.45) is 2.02. The molecule has 0 bridgehead atoms. The van der Waals surface area contributed by atoms with Crippen LogP contribution in [0.5, 0.6) is 0 Å². The highest BCUT2D eigenvalue weighted by atomic mass is 16.5. The van der Waals surface area contributed by atoms with Crippen LogP contribution >= 0.6 is 0 Å². The predicted molar refractivity (Wildman–Crippen MR) is 81.6 cm³/mol. The largest absolute Gasteiger partial charge is 0.394 e. The summed E-state index contributed by atoms with van der Waals surface area (Å²) < 4.78 is 5.25. The summed E-state index contributed by atoms with van der Waals surface area (Å²) in [7, 11) is 1.75. The molecule has 19 heavy (non-hydrogen) atoms. The zero-order valence-corrected chi connectivity index (χ0v) is 13.7. The number of methoxy groups -OCH3 is 1. The lowest BCUT2D eigenvalue weighted by atomic mass is 9.93. The summed E-state index contributed by atoms with van der Waals surface area (Å²) in [6.45, 7) is 13.7. The van der Waals surface area contributed by atoms with Crippen molar-refractivity contribution >= 4 is 0 Å². The number of aliphatic hydroxyl groups is 1. The third kappa shape index (κ3) is 6.70. The van der Waals surface area contributed by atoms with Gasteiger partial charge in [0.2, 0.25) is 0 Å².